The number of aromatic amines is 1. The lowest BCUT2D eigenvalue weighted by molar-refractivity contribution is -0.137. The first-order valence-corrected chi connectivity index (χ1v) is 5.95. The van der Waals surface area contributed by atoms with E-state index in [9.17, 15) is 22.8 Å². The molecule has 4 nitrogen and oxygen atoms in total. The van der Waals surface area contributed by atoms with E-state index in [2.05, 4.69) is 10.3 Å². The Hall–Kier alpha value is -2.57. The highest BCUT2D eigenvalue weighted by Crippen LogP contribution is 2.30. The minimum atomic E-state index is -4.50. The van der Waals surface area contributed by atoms with Crippen LogP contribution < -0.4 is 10.7 Å². The fourth-order valence-electron chi connectivity index (χ4n) is 1.72. The van der Waals surface area contributed by atoms with Crippen molar-refractivity contribution in [3.8, 4) is 0 Å². The molecule has 0 aliphatic carbocycles. The van der Waals surface area contributed by atoms with Gasteiger partial charge in [0.2, 0.25) is 0 Å². The summed E-state index contributed by atoms with van der Waals surface area (Å²) in [6.45, 7) is 1.65. The fraction of sp³-hybridized carbons (Fsp3) is 0.143. The number of amides is 1. The maximum absolute atomic E-state index is 12.6. The number of pyridine rings is 1. The van der Waals surface area contributed by atoms with E-state index in [1.54, 1.807) is 6.92 Å². The molecule has 0 aliphatic heterocycles. The number of halogens is 3. The highest BCUT2D eigenvalue weighted by atomic mass is 19.4. The van der Waals surface area contributed by atoms with Crippen LogP contribution in [0.15, 0.2) is 41.3 Å². The number of hydrogen-bond acceptors (Lipinski definition) is 2. The lowest BCUT2D eigenvalue weighted by atomic mass is 10.2. The number of carbonyl (C=O) groups excluding carboxylic acids is 1. The Morgan fingerprint density at radius 1 is 1.24 bits per heavy atom. The zero-order valence-electron chi connectivity index (χ0n) is 10.9. The maximum Gasteiger partial charge on any atom is 0.416 e. The Morgan fingerprint density at radius 3 is 2.57 bits per heavy atom. The normalized spacial score (nSPS) is 11.2. The average Bonchev–Trinajstić information content (AvgIpc) is 2.37. The van der Waals surface area contributed by atoms with Crippen molar-refractivity contribution in [2.24, 2.45) is 0 Å². The summed E-state index contributed by atoms with van der Waals surface area (Å²) in [5.41, 5.74) is -1.00. The van der Waals surface area contributed by atoms with E-state index in [0.717, 1.165) is 12.1 Å². The van der Waals surface area contributed by atoms with E-state index in [1.165, 1.54) is 24.4 Å². The van der Waals surface area contributed by atoms with Gasteiger partial charge in [0.1, 0.15) is 5.56 Å². The van der Waals surface area contributed by atoms with Crippen LogP contribution in [-0.4, -0.2) is 10.9 Å². The van der Waals surface area contributed by atoms with Gasteiger partial charge in [-0.05, 0) is 25.1 Å². The average molecular weight is 296 g/mol. The van der Waals surface area contributed by atoms with Crippen molar-refractivity contribution in [1.29, 1.82) is 0 Å². The van der Waals surface area contributed by atoms with Crippen LogP contribution in [0.1, 0.15) is 21.6 Å². The topological polar surface area (TPSA) is 62.0 Å². The fourth-order valence-corrected chi connectivity index (χ4v) is 1.72. The zero-order valence-corrected chi connectivity index (χ0v) is 10.9. The molecule has 7 heteroatoms. The van der Waals surface area contributed by atoms with Gasteiger partial charge < -0.3 is 10.3 Å². The number of aryl methyl sites for hydroxylation is 1. The lowest BCUT2D eigenvalue weighted by Gasteiger charge is -2.09. The first-order chi connectivity index (χ1) is 9.77. The number of benzene rings is 1. The van der Waals surface area contributed by atoms with Crippen molar-refractivity contribution in [3.05, 3.63) is 63.6 Å². The van der Waals surface area contributed by atoms with Crippen LogP contribution in [0, 0.1) is 6.92 Å². The predicted molar refractivity (Wildman–Crippen MR) is 71.2 cm³/mol. The molecule has 1 heterocycles. The summed E-state index contributed by atoms with van der Waals surface area (Å²) < 4.78 is 37.7. The molecule has 0 atom stereocenters. The molecule has 2 aromatic rings. The monoisotopic (exact) mass is 296 g/mol. The number of rotatable bonds is 2. The molecule has 0 spiro atoms. The Morgan fingerprint density at radius 2 is 1.95 bits per heavy atom. The quantitative estimate of drug-likeness (QED) is 0.895. The largest absolute Gasteiger partial charge is 0.416 e. The third-order valence-corrected chi connectivity index (χ3v) is 2.75. The first kappa shape index (κ1) is 14.8. The molecule has 0 radical (unpaired) electrons. The van der Waals surface area contributed by atoms with Crippen molar-refractivity contribution in [2.75, 3.05) is 5.32 Å². The second-order valence-electron chi connectivity index (χ2n) is 4.43. The van der Waals surface area contributed by atoms with Crippen LogP contribution in [-0.2, 0) is 6.18 Å². The number of H-pyrrole nitrogens is 1. The minimum Gasteiger partial charge on any atom is -0.364 e. The van der Waals surface area contributed by atoms with Crippen LogP contribution in [0.3, 0.4) is 0 Å². The number of anilines is 1. The summed E-state index contributed by atoms with van der Waals surface area (Å²) in [6.07, 6.45) is -3.28. The number of hydrogen-bond donors (Lipinski definition) is 2. The Balaban J connectivity index is 2.26. The van der Waals surface area contributed by atoms with E-state index in [1.807, 2.05) is 0 Å². The van der Waals surface area contributed by atoms with Crippen molar-refractivity contribution < 1.29 is 18.0 Å². The van der Waals surface area contributed by atoms with Crippen molar-refractivity contribution >= 4 is 11.6 Å². The molecule has 21 heavy (non-hydrogen) atoms. The van der Waals surface area contributed by atoms with Crippen molar-refractivity contribution in [2.45, 2.75) is 13.1 Å². The van der Waals surface area contributed by atoms with Gasteiger partial charge in [0, 0.05) is 23.6 Å². The van der Waals surface area contributed by atoms with E-state index in [0.29, 0.717) is 5.69 Å². The van der Waals surface area contributed by atoms with Crippen LogP contribution >= 0.6 is 0 Å². The molecule has 0 saturated carbocycles. The molecule has 2 rings (SSSR count). The van der Waals surface area contributed by atoms with Crippen molar-refractivity contribution in [3.63, 3.8) is 0 Å². The van der Waals surface area contributed by atoms with Gasteiger partial charge >= 0.3 is 6.18 Å². The molecular weight excluding hydrogens is 285 g/mol. The molecule has 0 aliphatic rings. The van der Waals surface area contributed by atoms with Gasteiger partial charge in [-0.1, -0.05) is 6.07 Å². The molecule has 0 unspecified atom stereocenters. The second kappa shape index (κ2) is 5.43. The van der Waals surface area contributed by atoms with Gasteiger partial charge in [0.25, 0.3) is 5.91 Å². The Kier molecular flexibility index (Phi) is 3.84. The van der Waals surface area contributed by atoms with Gasteiger partial charge in [-0.15, -0.1) is 0 Å². The van der Waals surface area contributed by atoms with Gasteiger partial charge in [0.15, 0.2) is 5.43 Å². The molecule has 2 N–H and O–H groups in total. The Bertz CT molecular complexity index is 735. The molecule has 0 bridgehead atoms. The second-order valence-corrected chi connectivity index (χ2v) is 4.43. The van der Waals surface area contributed by atoms with Crippen LogP contribution in [0.5, 0.6) is 0 Å². The molecule has 0 saturated heterocycles. The highest BCUT2D eigenvalue weighted by molar-refractivity contribution is 6.04. The van der Waals surface area contributed by atoms with Crippen LogP contribution in [0.25, 0.3) is 0 Å². The SMILES string of the molecule is Cc1cc(=O)c(C(=O)Nc2cccc(C(F)(F)F)c2)c[nH]1. The number of alkyl halides is 3. The van der Waals surface area contributed by atoms with E-state index in [4.69, 9.17) is 0 Å². The minimum absolute atomic E-state index is 0.0326. The third-order valence-electron chi connectivity index (χ3n) is 2.75. The molecule has 110 valence electrons. The van der Waals surface area contributed by atoms with E-state index in [-0.39, 0.29) is 11.3 Å². The maximum atomic E-state index is 12.6. The molecule has 1 aromatic heterocycles. The highest BCUT2D eigenvalue weighted by Gasteiger charge is 2.30. The summed E-state index contributed by atoms with van der Waals surface area (Å²) >= 11 is 0. The molecule has 0 fully saturated rings. The van der Waals surface area contributed by atoms with Crippen LogP contribution in [0.4, 0.5) is 18.9 Å². The van der Waals surface area contributed by atoms with Gasteiger partial charge in [-0.3, -0.25) is 9.59 Å². The summed E-state index contributed by atoms with van der Waals surface area (Å²) in [4.78, 5) is 26.2. The summed E-state index contributed by atoms with van der Waals surface area (Å²) in [6, 6.07) is 5.43. The van der Waals surface area contributed by atoms with Gasteiger partial charge in [0.05, 0.1) is 5.56 Å². The molecule has 1 aromatic carbocycles. The molecular formula is C14H11F3N2O2. The number of carbonyl (C=O) groups is 1. The predicted octanol–water partition coefficient (Wildman–Crippen LogP) is 2.95. The summed E-state index contributed by atoms with van der Waals surface area (Å²) in [5, 5.41) is 2.27. The van der Waals surface area contributed by atoms with E-state index >= 15 is 0 Å². The number of aromatic nitrogens is 1. The third kappa shape index (κ3) is 3.50. The van der Waals surface area contributed by atoms with Gasteiger partial charge in [-0.2, -0.15) is 13.2 Å². The first-order valence-electron chi connectivity index (χ1n) is 5.95. The van der Waals surface area contributed by atoms with Gasteiger partial charge in [-0.25, -0.2) is 0 Å². The van der Waals surface area contributed by atoms with E-state index < -0.39 is 23.1 Å². The van der Waals surface area contributed by atoms with Crippen molar-refractivity contribution in [1.82, 2.24) is 4.98 Å². The number of nitrogens with one attached hydrogen (secondary N) is 2. The Labute approximate surface area is 117 Å². The standard InChI is InChI=1S/C14H11F3N2O2/c1-8-5-12(20)11(7-18-8)13(21)19-10-4-2-3-9(6-10)14(15,16)17/h2-7H,1H3,(H,18,20)(H,19,21). The summed E-state index contributed by atoms with van der Waals surface area (Å²) in [5.74, 6) is -0.768. The zero-order chi connectivity index (χ0) is 15.6. The smallest absolute Gasteiger partial charge is 0.364 e. The summed E-state index contributed by atoms with van der Waals surface area (Å²) in [7, 11) is 0. The molecule has 1 amide bonds. The lowest BCUT2D eigenvalue weighted by Crippen LogP contribution is -2.21. The van der Waals surface area contributed by atoms with Crippen LogP contribution in [0.2, 0.25) is 0 Å².